The second kappa shape index (κ2) is 5.98. The first kappa shape index (κ1) is 15.3. The minimum atomic E-state index is -0.376. The van der Waals surface area contributed by atoms with Gasteiger partial charge in [0.2, 0.25) is 11.8 Å². The molecule has 0 saturated carbocycles. The molecule has 4 heterocycles. The molecule has 2 saturated heterocycles. The van der Waals surface area contributed by atoms with Crippen molar-refractivity contribution in [3.8, 4) is 0 Å². The number of aryl methyl sites for hydroxylation is 1. The summed E-state index contributed by atoms with van der Waals surface area (Å²) < 4.78 is 11.4. The second-order valence-electron chi connectivity index (χ2n) is 6.51. The molecule has 2 aliphatic rings. The minimum absolute atomic E-state index is 0.0382. The van der Waals surface area contributed by atoms with Crippen molar-refractivity contribution in [2.75, 3.05) is 19.7 Å². The Morgan fingerprint density at radius 1 is 1.46 bits per heavy atom. The van der Waals surface area contributed by atoms with Crippen molar-refractivity contribution in [3.63, 3.8) is 0 Å². The Kier molecular flexibility index (Phi) is 3.80. The van der Waals surface area contributed by atoms with Gasteiger partial charge in [-0.3, -0.25) is 9.78 Å². The molecule has 0 unspecified atom stereocenters. The molecular formula is C17H20N4O3. The van der Waals surface area contributed by atoms with Crippen molar-refractivity contribution < 1.29 is 14.1 Å². The van der Waals surface area contributed by atoms with Crippen LogP contribution in [0.3, 0.4) is 0 Å². The smallest absolute Gasteiger partial charge is 0.237 e. The van der Waals surface area contributed by atoms with E-state index >= 15 is 0 Å². The number of aromatic nitrogens is 3. The summed E-state index contributed by atoms with van der Waals surface area (Å²) in [5.41, 5.74) is 0.411. The number of amides is 1. The third kappa shape index (κ3) is 2.58. The summed E-state index contributed by atoms with van der Waals surface area (Å²) in [7, 11) is 0. The average molecular weight is 328 g/mol. The number of fused-ring (bicyclic) bond motifs is 1. The van der Waals surface area contributed by atoms with Crippen molar-refractivity contribution in [2.24, 2.45) is 0 Å². The highest BCUT2D eigenvalue weighted by molar-refractivity contribution is 5.78. The number of carbonyl (C=O) groups excluding carboxylic acids is 1. The summed E-state index contributed by atoms with van der Waals surface area (Å²) in [4.78, 5) is 23.3. The number of nitrogens with zero attached hydrogens (tertiary/aromatic N) is 4. The van der Waals surface area contributed by atoms with E-state index in [-0.39, 0.29) is 17.4 Å². The van der Waals surface area contributed by atoms with E-state index in [1.807, 2.05) is 23.1 Å². The molecule has 4 rings (SSSR count). The first-order valence-corrected chi connectivity index (χ1v) is 8.27. The fourth-order valence-electron chi connectivity index (χ4n) is 3.73. The van der Waals surface area contributed by atoms with Crippen LogP contribution in [0.1, 0.15) is 30.3 Å². The van der Waals surface area contributed by atoms with Crippen LogP contribution in [-0.4, -0.2) is 51.7 Å². The number of hydrogen-bond donors (Lipinski definition) is 0. The van der Waals surface area contributed by atoms with E-state index in [1.54, 1.807) is 13.1 Å². The van der Waals surface area contributed by atoms with E-state index in [2.05, 4.69) is 15.1 Å². The Bertz CT molecular complexity index is 732. The molecule has 7 heteroatoms. The van der Waals surface area contributed by atoms with Gasteiger partial charge in [-0.25, -0.2) is 0 Å². The van der Waals surface area contributed by atoms with Crippen molar-refractivity contribution in [3.05, 3.63) is 41.8 Å². The molecule has 0 spiro atoms. The summed E-state index contributed by atoms with van der Waals surface area (Å²) in [6.45, 7) is 3.71. The number of ether oxygens (including phenoxy) is 1. The van der Waals surface area contributed by atoms with Crippen LogP contribution in [0.2, 0.25) is 0 Å². The number of piperidine rings is 1. The van der Waals surface area contributed by atoms with E-state index in [4.69, 9.17) is 9.26 Å². The van der Waals surface area contributed by atoms with Gasteiger partial charge in [-0.2, -0.15) is 4.98 Å². The number of hydrogen-bond acceptors (Lipinski definition) is 6. The lowest BCUT2D eigenvalue weighted by Crippen LogP contribution is -2.54. The minimum Gasteiger partial charge on any atom is -0.377 e. The van der Waals surface area contributed by atoms with Crippen molar-refractivity contribution in [1.29, 1.82) is 0 Å². The summed E-state index contributed by atoms with van der Waals surface area (Å²) in [6, 6.07) is 5.62. The molecule has 24 heavy (non-hydrogen) atoms. The molecule has 2 atom stereocenters. The van der Waals surface area contributed by atoms with Crippen LogP contribution in [0.15, 0.2) is 28.9 Å². The highest BCUT2D eigenvalue weighted by Crippen LogP contribution is 2.42. The zero-order valence-corrected chi connectivity index (χ0v) is 13.6. The van der Waals surface area contributed by atoms with E-state index in [0.29, 0.717) is 37.8 Å². The molecule has 0 bridgehead atoms. The van der Waals surface area contributed by atoms with Crippen LogP contribution in [0.4, 0.5) is 0 Å². The SMILES string of the molecule is Cc1noc([C@@]23CCO[C@@H]2CCN(C(=O)Cc2ccccn2)C3)n1. The zero-order chi connectivity index (χ0) is 16.6. The zero-order valence-electron chi connectivity index (χ0n) is 13.6. The van der Waals surface area contributed by atoms with Gasteiger partial charge in [0.15, 0.2) is 5.82 Å². The molecule has 0 aromatic carbocycles. The topological polar surface area (TPSA) is 81.4 Å². The van der Waals surface area contributed by atoms with Gasteiger partial charge < -0.3 is 14.2 Å². The van der Waals surface area contributed by atoms with Gasteiger partial charge >= 0.3 is 0 Å². The van der Waals surface area contributed by atoms with Crippen molar-refractivity contribution in [2.45, 2.75) is 37.7 Å². The van der Waals surface area contributed by atoms with Crippen LogP contribution < -0.4 is 0 Å². The lowest BCUT2D eigenvalue weighted by molar-refractivity contribution is -0.134. The maximum absolute atomic E-state index is 12.7. The standard InChI is InChI=1S/C17H20N4O3/c1-12-19-16(24-20-12)17-6-9-23-14(17)5-8-21(11-17)15(22)10-13-4-2-3-7-18-13/h2-4,7,14H,5-6,8-11H2,1H3/t14-,17-/m1/s1. The Balaban J connectivity index is 1.55. The summed E-state index contributed by atoms with van der Waals surface area (Å²) in [6.07, 6.45) is 3.65. The lowest BCUT2D eigenvalue weighted by Gasteiger charge is -2.41. The first-order valence-electron chi connectivity index (χ1n) is 8.27. The number of pyridine rings is 1. The Morgan fingerprint density at radius 3 is 3.12 bits per heavy atom. The first-order chi connectivity index (χ1) is 11.7. The molecule has 7 nitrogen and oxygen atoms in total. The van der Waals surface area contributed by atoms with Gasteiger partial charge in [-0.15, -0.1) is 0 Å². The van der Waals surface area contributed by atoms with Gasteiger partial charge in [-0.05, 0) is 31.9 Å². The van der Waals surface area contributed by atoms with Crippen LogP contribution in [-0.2, 0) is 21.4 Å². The molecular weight excluding hydrogens is 308 g/mol. The predicted molar refractivity (Wildman–Crippen MR) is 84.2 cm³/mol. The van der Waals surface area contributed by atoms with Crippen LogP contribution in [0.5, 0.6) is 0 Å². The van der Waals surface area contributed by atoms with Gasteiger partial charge in [0.05, 0.1) is 17.9 Å². The van der Waals surface area contributed by atoms with Crippen LogP contribution in [0.25, 0.3) is 0 Å². The third-order valence-electron chi connectivity index (χ3n) is 4.98. The quantitative estimate of drug-likeness (QED) is 0.844. The third-order valence-corrected chi connectivity index (χ3v) is 4.98. The molecule has 1 amide bonds. The molecule has 2 aromatic heterocycles. The second-order valence-corrected chi connectivity index (χ2v) is 6.51. The van der Waals surface area contributed by atoms with Crippen molar-refractivity contribution in [1.82, 2.24) is 20.0 Å². The van der Waals surface area contributed by atoms with E-state index in [9.17, 15) is 4.79 Å². The summed E-state index contributed by atoms with van der Waals surface area (Å²) in [5, 5.41) is 3.93. The normalized spacial score (nSPS) is 26.4. The van der Waals surface area contributed by atoms with Gasteiger partial charge in [0, 0.05) is 31.6 Å². The molecule has 0 aliphatic carbocycles. The maximum Gasteiger partial charge on any atom is 0.237 e. The molecule has 2 fully saturated rings. The largest absolute Gasteiger partial charge is 0.377 e. The van der Waals surface area contributed by atoms with Gasteiger partial charge in [0.1, 0.15) is 0 Å². The summed E-state index contributed by atoms with van der Waals surface area (Å²) in [5.74, 6) is 1.29. The Labute approximate surface area is 140 Å². The fourth-order valence-corrected chi connectivity index (χ4v) is 3.73. The number of likely N-dealkylation sites (tertiary alicyclic amines) is 1. The fraction of sp³-hybridized carbons (Fsp3) is 0.529. The van der Waals surface area contributed by atoms with Gasteiger partial charge in [-0.1, -0.05) is 11.2 Å². The van der Waals surface area contributed by atoms with Crippen molar-refractivity contribution >= 4 is 5.91 Å². The highest BCUT2D eigenvalue weighted by atomic mass is 16.5. The number of carbonyl (C=O) groups is 1. The molecule has 126 valence electrons. The van der Waals surface area contributed by atoms with Crippen LogP contribution >= 0.6 is 0 Å². The van der Waals surface area contributed by atoms with Gasteiger partial charge in [0.25, 0.3) is 0 Å². The van der Waals surface area contributed by atoms with E-state index in [0.717, 1.165) is 18.5 Å². The maximum atomic E-state index is 12.7. The molecule has 0 N–H and O–H groups in total. The molecule has 2 aliphatic heterocycles. The van der Waals surface area contributed by atoms with Crippen LogP contribution in [0, 0.1) is 6.92 Å². The monoisotopic (exact) mass is 328 g/mol. The average Bonchev–Trinajstić information content (AvgIpc) is 3.22. The molecule has 2 aromatic rings. The Hall–Kier alpha value is -2.28. The van der Waals surface area contributed by atoms with E-state index < -0.39 is 0 Å². The number of rotatable bonds is 3. The highest BCUT2D eigenvalue weighted by Gasteiger charge is 2.53. The predicted octanol–water partition coefficient (Wildman–Crippen LogP) is 1.27. The summed E-state index contributed by atoms with van der Waals surface area (Å²) >= 11 is 0. The molecule has 0 radical (unpaired) electrons. The van der Waals surface area contributed by atoms with E-state index in [1.165, 1.54) is 0 Å². The Morgan fingerprint density at radius 2 is 2.38 bits per heavy atom. The lowest BCUT2D eigenvalue weighted by atomic mass is 9.76.